The first kappa shape index (κ1) is 16.7. The zero-order valence-corrected chi connectivity index (χ0v) is 14.1. The zero-order valence-electron chi connectivity index (χ0n) is 14.1. The Morgan fingerprint density at radius 2 is 1.74 bits per heavy atom. The zero-order chi connectivity index (χ0) is 18.6. The fourth-order valence-corrected chi connectivity index (χ4v) is 2.56. The van der Waals surface area contributed by atoms with Crippen LogP contribution in [0.3, 0.4) is 0 Å². The summed E-state index contributed by atoms with van der Waals surface area (Å²) in [6.45, 7) is -0.242. The number of carbonyl (C=O) groups excluding carboxylic acids is 1. The summed E-state index contributed by atoms with van der Waals surface area (Å²) in [5.41, 5.74) is 0.107. The van der Waals surface area contributed by atoms with Crippen molar-refractivity contribution in [1.82, 2.24) is 0 Å². The van der Waals surface area contributed by atoms with E-state index in [0.29, 0.717) is 28.2 Å². The molecule has 6 nitrogen and oxygen atoms in total. The van der Waals surface area contributed by atoms with Crippen LogP contribution in [0.4, 0.5) is 0 Å². The normalized spacial score (nSPS) is 10.7. The minimum atomic E-state index is -0.574. The summed E-state index contributed by atoms with van der Waals surface area (Å²) >= 11 is 0. The van der Waals surface area contributed by atoms with Crippen LogP contribution in [0, 0.1) is 0 Å². The number of benzene rings is 2. The molecule has 0 saturated heterocycles. The molecular formula is C21H14O6. The minimum Gasteiger partial charge on any atom is -0.482 e. The van der Waals surface area contributed by atoms with Crippen LogP contribution in [0.5, 0.6) is 11.5 Å². The van der Waals surface area contributed by atoms with Gasteiger partial charge in [-0.1, -0.05) is 18.2 Å². The molecule has 0 fully saturated rings. The van der Waals surface area contributed by atoms with Gasteiger partial charge in [0, 0.05) is 6.07 Å². The molecule has 0 unspecified atom stereocenters. The Kier molecular flexibility index (Phi) is 4.45. The molecule has 0 amide bonds. The maximum Gasteiger partial charge on any atom is 0.349 e. The van der Waals surface area contributed by atoms with E-state index in [4.69, 9.17) is 18.3 Å². The predicted molar refractivity (Wildman–Crippen MR) is 97.8 cm³/mol. The van der Waals surface area contributed by atoms with Crippen LogP contribution in [-0.4, -0.2) is 12.6 Å². The highest BCUT2D eigenvalue weighted by atomic mass is 16.6. The molecule has 4 aromatic rings. The van der Waals surface area contributed by atoms with Gasteiger partial charge in [0.1, 0.15) is 17.1 Å². The Hall–Kier alpha value is -3.80. The van der Waals surface area contributed by atoms with Crippen molar-refractivity contribution in [3.63, 3.8) is 0 Å². The third-order valence-electron chi connectivity index (χ3n) is 3.79. The van der Waals surface area contributed by atoms with E-state index in [-0.39, 0.29) is 17.8 Å². The Morgan fingerprint density at radius 1 is 0.889 bits per heavy atom. The van der Waals surface area contributed by atoms with Crippen LogP contribution < -0.4 is 14.9 Å². The monoisotopic (exact) mass is 362 g/mol. The van der Waals surface area contributed by atoms with Crippen molar-refractivity contribution in [1.29, 1.82) is 0 Å². The Morgan fingerprint density at radius 3 is 2.52 bits per heavy atom. The molecular weight excluding hydrogens is 348 g/mol. The molecule has 4 rings (SSSR count). The molecule has 2 aromatic heterocycles. The molecule has 0 aliphatic rings. The van der Waals surface area contributed by atoms with Crippen LogP contribution in [0.15, 0.2) is 86.6 Å². The minimum absolute atomic E-state index is 0.238. The lowest BCUT2D eigenvalue weighted by atomic mass is 10.2. The van der Waals surface area contributed by atoms with E-state index in [1.54, 1.807) is 48.5 Å². The van der Waals surface area contributed by atoms with Crippen LogP contribution in [-0.2, 0) is 4.79 Å². The molecule has 0 aliphatic carbocycles. The van der Waals surface area contributed by atoms with Crippen molar-refractivity contribution >= 4 is 16.9 Å². The van der Waals surface area contributed by atoms with E-state index in [1.807, 2.05) is 6.07 Å². The van der Waals surface area contributed by atoms with Gasteiger partial charge in [-0.05, 0) is 42.5 Å². The maximum absolute atomic E-state index is 12.4. The van der Waals surface area contributed by atoms with Crippen LogP contribution in [0.1, 0.15) is 0 Å². The van der Waals surface area contributed by atoms with Crippen molar-refractivity contribution in [3.8, 4) is 23.0 Å². The average Bonchev–Trinajstić information content (AvgIpc) is 3.22. The molecule has 0 aliphatic heterocycles. The van der Waals surface area contributed by atoms with Gasteiger partial charge in [-0.3, -0.25) is 4.79 Å². The standard InChI is InChI=1S/C21H14O6/c22-17-12-20(19-7-4-10-24-19)27-18-9-8-15(11-16(17)18)26-21(23)13-25-14-5-2-1-3-6-14/h1-12H,13H2. The third-order valence-corrected chi connectivity index (χ3v) is 3.79. The fraction of sp³-hybridized carbons (Fsp3) is 0.0476. The van der Waals surface area contributed by atoms with Gasteiger partial charge < -0.3 is 18.3 Å². The van der Waals surface area contributed by atoms with Gasteiger partial charge in [-0.15, -0.1) is 0 Å². The van der Waals surface area contributed by atoms with Gasteiger partial charge in [0.2, 0.25) is 0 Å². The predicted octanol–water partition coefficient (Wildman–Crippen LogP) is 4.04. The number of furan rings is 1. The van der Waals surface area contributed by atoms with Gasteiger partial charge in [0.05, 0.1) is 11.6 Å². The Bertz CT molecular complexity index is 1130. The topological polar surface area (TPSA) is 78.9 Å². The first-order chi connectivity index (χ1) is 13.2. The van der Waals surface area contributed by atoms with Gasteiger partial charge in [-0.2, -0.15) is 0 Å². The first-order valence-electron chi connectivity index (χ1n) is 8.19. The Balaban J connectivity index is 1.51. The Labute approximate surface area is 153 Å². The fourth-order valence-electron chi connectivity index (χ4n) is 2.56. The summed E-state index contributed by atoms with van der Waals surface area (Å²) in [7, 11) is 0. The number of esters is 1. The number of ether oxygens (including phenoxy) is 2. The largest absolute Gasteiger partial charge is 0.482 e. The van der Waals surface area contributed by atoms with Crippen molar-refractivity contribution in [3.05, 3.63) is 83.2 Å². The number of carbonyl (C=O) groups is 1. The number of fused-ring (bicyclic) bond motifs is 1. The van der Waals surface area contributed by atoms with Crippen LogP contribution in [0.2, 0.25) is 0 Å². The molecule has 0 saturated carbocycles. The second-order valence-corrected chi connectivity index (χ2v) is 5.69. The lowest BCUT2D eigenvalue weighted by molar-refractivity contribution is -0.136. The first-order valence-corrected chi connectivity index (χ1v) is 8.19. The molecule has 0 atom stereocenters. The van der Waals surface area contributed by atoms with Gasteiger partial charge in [0.15, 0.2) is 23.6 Å². The van der Waals surface area contributed by atoms with E-state index >= 15 is 0 Å². The quantitative estimate of drug-likeness (QED) is 0.394. The summed E-state index contributed by atoms with van der Waals surface area (Å²) in [6, 6.07) is 18.3. The van der Waals surface area contributed by atoms with E-state index in [0.717, 1.165) is 0 Å². The van der Waals surface area contributed by atoms with Gasteiger partial charge >= 0.3 is 5.97 Å². The number of para-hydroxylation sites is 1. The smallest absolute Gasteiger partial charge is 0.349 e. The van der Waals surface area contributed by atoms with E-state index in [2.05, 4.69) is 0 Å². The highest BCUT2D eigenvalue weighted by molar-refractivity contribution is 5.81. The molecule has 0 radical (unpaired) electrons. The summed E-state index contributed by atoms with van der Waals surface area (Å²) in [5, 5.41) is 0.305. The second-order valence-electron chi connectivity index (χ2n) is 5.69. The molecule has 2 heterocycles. The second kappa shape index (κ2) is 7.21. The number of hydrogen-bond donors (Lipinski definition) is 0. The molecule has 27 heavy (non-hydrogen) atoms. The SMILES string of the molecule is O=C(COc1ccccc1)Oc1ccc2oc(-c3ccco3)cc(=O)c2c1. The highest BCUT2D eigenvalue weighted by Crippen LogP contribution is 2.25. The molecule has 134 valence electrons. The van der Waals surface area contributed by atoms with Gasteiger partial charge in [0.25, 0.3) is 0 Å². The summed E-state index contributed by atoms with van der Waals surface area (Å²) in [6.07, 6.45) is 1.50. The average molecular weight is 362 g/mol. The summed E-state index contributed by atoms with van der Waals surface area (Å²) in [5.74, 6) is 1.03. The van der Waals surface area contributed by atoms with Crippen LogP contribution in [0.25, 0.3) is 22.5 Å². The molecule has 0 bridgehead atoms. The lowest BCUT2D eigenvalue weighted by Gasteiger charge is -2.07. The third kappa shape index (κ3) is 3.74. The summed E-state index contributed by atoms with van der Waals surface area (Å²) < 4.78 is 21.5. The van der Waals surface area contributed by atoms with Gasteiger partial charge in [-0.25, -0.2) is 4.79 Å². The lowest BCUT2D eigenvalue weighted by Crippen LogP contribution is -2.17. The van der Waals surface area contributed by atoms with E-state index < -0.39 is 5.97 Å². The summed E-state index contributed by atoms with van der Waals surface area (Å²) in [4.78, 5) is 24.3. The molecule has 0 N–H and O–H groups in total. The van der Waals surface area contributed by atoms with Crippen molar-refractivity contribution in [2.45, 2.75) is 0 Å². The van der Waals surface area contributed by atoms with Crippen LogP contribution >= 0.6 is 0 Å². The highest BCUT2D eigenvalue weighted by Gasteiger charge is 2.12. The van der Waals surface area contributed by atoms with E-state index in [9.17, 15) is 9.59 Å². The van der Waals surface area contributed by atoms with Crippen molar-refractivity contribution in [2.75, 3.05) is 6.61 Å². The number of hydrogen-bond acceptors (Lipinski definition) is 6. The molecule has 0 spiro atoms. The van der Waals surface area contributed by atoms with Crippen molar-refractivity contribution in [2.24, 2.45) is 0 Å². The number of rotatable bonds is 5. The van der Waals surface area contributed by atoms with Crippen molar-refractivity contribution < 1.29 is 23.1 Å². The molecule has 2 aromatic carbocycles. The molecule has 6 heteroatoms. The van der Waals surface area contributed by atoms with E-state index in [1.165, 1.54) is 18.4 Å². The maximum atomic E-state index is 12.4.